The number of carbonyl (C=O) groups is 7. The molecule has 6 amide bonds. The maximum absolute atomic E-state index is 13.5. The van der Waals surface area contributed by atoms with Crippen molar-refractivity contribution in [3.05, 3.63) is 88.1 Å². The lowest BCUT2D eigenvalue weighted by Crippen LogP contribution is -2.55. The molecule has 270 valence electrons. The van der Waals surface area contributed by atoms with Crippen LogP contribution < -0.4 is 37.6 Å². The molecule has 3 heterocycles. The van der Waals surface area contributed by atoms with E-state index in [0.717, 1.165) is 4.88 Å². The highest BCUT2D eigenvalue weighted by atomic mass is 32.1. The second kappa shape index (κ2) is 19.0. The number of amides is 6. The second-order valence-corrected chi connectivity index (χ2v) is 13.0. The van der Waals surface area contributed by atoms with Crippen LogP contribution in [0.1, 0.15) is 35.3 Å². The lowest BCUT2D eigenvalue weighted by Gasteiger charge is -2.23. The van der Waals surface area contributed by atoms with E-state index in [4.69, 9.17) is 5.73 Å². The van der Waals surface area contributed by atoms with E-state index in [1.54, 1.807) is 60.0 Å². The van der Waals surface area contributed by atoms with Gasteiger partial charge in [0.15, 0.2) is 0 Å². The monoisotopic (exact) mass is 719 g/mol. The Balaban J connectivity index is 1.64. The van der Waals surface area contributed by atoms with Crippen molar-refractivity contribution in [2.75, 3.05) is 18.4 Å². The molecular formula is C35H41N7O8S. The van der Waals surface area contributed by atoms with Gasteiger partial charge in [-0.05, 0) is 47.7 Å². The van der Waals surface area contributed by atoms with Crippen molar-refractivity contribution in [1.82, 2.24) is 26.6 Å². The molecule has 1 aromatic heterocycles. The van der Waals surface area contributed by atoms with Crippen LogP contribution in [0.3, 0.4) is 0 Å². The Morgan fingerprint density at radius 2 is 1.51 bits per heavy atom. The number of thiophene rings is 1. The standard InChI is InChI=1S/C35H41N7O8S/c36-14-4-9-29(43)39-27-19-30(44)40-26(18-24-8-5-15-51-24)32(46)37-20-31(45)41-25(16-21-6-2-1-3-7-21)34(48)42-28(35(49)50)17-22-10-12-23(13-11-22)38-33(27)47/h1-3,5-8,10-13,15,25-28H,4,9,14,16-20,36H2,(H,37,46)(H,38,47)(H,39,43)(H,40,44)(H,41,45)(H,42,48)(H,49,50)/t25-,26-,27+,28+/m1/s1. The predicted molar refractivity (Wildman–Crippen MR) is 188 cm³/mol. The van der Waals surface area contributed by atoms with Crippen LogP contribution in [0.4, 0.5) is 5.69 Å². The molecule has 3 aromatic rings. The Bertz CT molecular complexity index is 1690. The van der Waals surface area contributed by atoms with E-state index in [-0.39, 0.29) is 32.2 Å². The topological polar surface area (TPSA) is 238 Å². The Morgan fingerprint density at radius 1 is 0.804 bits per heavy atom. The highest BCUT2D eigenvalue weighted by molar-refractivity contribution is 7.09. The van der Waals surface area contributed by atoms with Crippen LogP contribution in [-0.2, 0) is 52.8 Å². The number of benzene rings is 2. The number of rotatable bonds is 9. The van der Waals surface area contributed by atoms with E-state index in [9.17, 15) is 38.7 Å². The van der Waals surface area contributed by atoms with Crippen molar-refractivity contribution in [2.24, 2.45) is 5.73 Å². The summed E-state index contributed by atoms with van der Waals surface area (Å²) in [4.78, 5) is 92.3. The number of aliphatic carboxylic acids is 1. The summed E-state index contributed by atoms with van der Waals surface area (Å²) in [5.41, 5.74) is 7.03. The van der Waals surface area contributed by atoms with Crippen molar-refractivity contribution in [3.8, 4) is 0 Å². The Hall–Kier alpha value is -5.61. The summed E-state index contributed by atoms with van der Waals surface area (Å²) in [6.45, 7) is -0.320. The average Bonchev–Trinajstić information content (AvgIpc) is 3.62. The van der Waals surface area contributed by atoms with Gasteiger partial charge < -0.3 is 42.7 Å². The molecule has 0 saturated carbocycles. The average molecular weight is 720 g/mol. The summed E-state index contributed by atoms with van der Waals surface area (Å²) in [7, 11) is 0. The molecule has 5 rings (SSSR count). The summed E-state index contributed by atoms with van der Waals surface area (Å²) in [5, 5.41) is 27.2. The molecule has 0 spiro atoms. The highest BCUT2D eigenvalue weighted by Gasteiger charge is 2.30. The van der Waals surface area contributed by atoms with Gasteiger partial charge in [0.1, 0.15) is 24.2 Å². The predicted octanol–water partition coefficient (Wildman–Crippen LogP) is -0.00290. The van der Waals surface area contributed by atoms with E-state index >= 15 is 0 Å². The van der Waals surface area contributed by atoms with Crippen molar-refractivity contribution >= 4 is 58.4 Å². The summed E-state index contributed by atoms with van der Waals surface area (Å²) >= 11 is 1.35. The van der Waals surface area contributed by atoms with E-state index in [1.807, 2.05) is 0 Å². The van der Waals surface area contributed by atoms with E-state index in [0.29, 0.717) is 23.2 Å². The minimum atomic E-state index is -1.37. The number of carboxylic acid groups (broad SMARTS) is 1. The van der Waals surface area contributed by atoms with Gasteiger partial charge in [-0.2, -0.15) is 0 Å². The number of carboxylic acids is 1. The van der Waals surface area contributed by atoms with Crippen molar-refractivity contribution in [1.29, 1.82) is 0 Å². The van der Waals surface area contributed by atoms with Gasteiger partial charge in [0.2, 0.25) is 35.4 Å². The fourth-order valence-electron chi connectivity index (χ4n) is 5.27. The van der Waals surface area contributed by atoms with Gasteiger partial charge in [0.25, 0.3) is 0 Å². The first kappa shape index (κ1) is 38.2. The zero-order valence-corrected chi connectivity index (χ0v) is 28.5. The molecule has 0 unspecified atom stereocenters. The molecule has 0 radical (unpaired) electrons. The summed E-state index contributed by atoms with van der Waals surface area (Å²) in [6.07, 6.45) is -0.150. The van der Waals surface area contributed by atoms with Crippen molar-refractivity contribution in [2.45, 2.75) is 62.7 Å². The minimum absolute atomic E-state index is 0.0234. The van der Waals surface area contributed by atoms with E-state index in [1.165, 1.54) is 23.5 Å². The van der Waals surface area contributed by atoms with Gasteiger partial charge in [-0.25, -0.2) is 4.79 Å². The largest absolute Gasteiger partial charge is 0.480 e. The van der Waals surface area contributed by atoms with Crippen molar-refractivity contribution < 1.29 is 38.7 Å². The molecule has 4 atom stereocenters. The molecule has 16 heteroatoms. The van der Waals surface area contributed by atoms with Crippen molar-refractivity contribution in [3.63, 3.8) is 0 Å². The number of fused-ring (bicyclic) bond motifs is 18. The van der Waals surface area contributed by atoms with Gasteiger partial charge in [-0.15, -0.1) is 11.3 Å². The highest BCUT2D eigenvalue weighted by Crippen LogP contribution is 2.15. The van der Waals surface area contributed by atoms with Gasteiger partial charge in [0.05, 0.1) is 13.0 Å². The van der Waals surface area contributed by atoms with Gasteiger partial charge in [-0.3, -0.25) is 28.8 Å². The molecule has 2 aliphatic rings. The third kappa shape index (κ3) is 12.3. The minimum Gasteiger partial charge on any atom is -0.480 e. The SMILES string of the molecule is NCCCC(=O)N[C@H]1CC(=O)N[C@H](Cc2cccs2)C(=O)NCC(=O)N[C@H](Cc2ccccc2)C(=O)N[C@H](C(=O)O)Cc2ccc(cc2)NC1=O. The molecular weight excluding hydrogens is 678 g/mol. The number of carbonyl (C=O) groups excluding carboxylic acids is 6. The maximum atomic E-state index is 13.5. The van der Waals surface area contributed by atoms with Gasteiger partial charge in [-0.1, -0.05) is 48.5 Å². The number of nitrogens with one attached hydrogen (secondary N) is 6. The smallest absolute Gasteiger partial charge is 0.326 e. The van der Waals surface area contributed by atoms with Crippen LogP contribution in [0.25, 0.3) is 0 Å². The lowest BCUT2D eigenvalue weighted by atomic mass is 10.0. The van der Waals surface area contributed by atoms with Crippen LogP contribution in [0.15, 0.2) is 72.1 Å². The molecule has 2 bridgehead atoms. The summed E-state index contributed by atoms with van der Waals surface area (Å²) < 4.78 is 0. The molecule has 15 nitrogen and oxygen atoms in total. The Labute approximate surface area is 298 Å². The van der Waals surface area contributed by atoms with Crippen LogP contribution >= 0.6 is 11.3 Å². The molecule has 0 fully saturated rings. The fourth-order valence-corrected chi connectivity index (χ4v) is 6.02. The number of anilines is 1. The van der Waals surface area contributed by atoms with Crippen LogP contribution in [0.2, 0.25) is 0 Å². The first-order valence-corrected chi connectivity index (χ1v) is 17.2. The third-order valence-corrected chi connectivity index (χ3v) is 8.82. The fraction of sp³-hybridized carbons (Fsp3) is 0.343. The molecule has 0 aliphatic carbocycles. The molecule has 51 heavy (non-hydrogen) atoms. The quantitative estimate of drug-likeness (QED) is 0.139. The maximum Gasteiger partial charge on any atom is 0.326 e. The zero-order chi connectivity index (χ0) is 36.8. The third-order valence-electron chi connectivity index (χ3n) is 7.92. The first-order valence-electron chi connectivity index (χ1n) is 16.4. The van der Waals surface area contributed by atoms with Gasteiger partial charge in [0, 0.05) is 36.2 Å². The number of hydrogen-bond acceptors (Lipinski definition) is 9. The van der Waals surface area contributed by atoms with Crippen LogP contribution in [-0.4, -0.2) is 83.8 Å². The Kier molecular flexibility index (Phi) is 14.2. The number of nitrogens with two attached hydrogens (primary N) is 1. The molecule has 2 aromatic carbocycles. The molecule has 2 aliphatic heterocycles. The Morgan fingerprint density at radius 3 is 2.18 bits per heavy atom. The normalized spacial score (nSPS) is 20.8. The molecule has 0 saturated heterocycles. The lowest BCUT2D eigenvalue weighted by molar-refractivity contribution is -0.142. The summed E-state index contributed by atoms with van der Waals surface area (Å²) in [5.74, 6) is -5.41. The molecule has 9 N–H and O–H groups in total. The van der Waals surface area contributed by atoms with Gasteiger partial charge >= 0.3 is 5.97 Å². The second-order valence-electron chi connectivity index (χ2n) is 11.9. The number of hydrogen-bond donors (Lipinski definition) is 8. The summed E-state index contributed by atoms with van der Waals surface area (Å²) in [6, 6.07) is 13.5. The van der Waals surface area contributed by atoms with E-state index < -0.39 is 78.5 Å². The van der Waals surface area contributed by atoms with Crippen LogP contribution in [0.5, 0.6) is 0 Å². The zero-order valence-electron chi connectivity index (χ0n) is 27.7. The van der Waals surface area contributed by atoms with E-state index in [2.05, 4.69) is 31.9 Å². The first-order chi connectivity index (χ1) is 24.5. The van der Waals surface area contributed by atoms with Crippen LogP contribution in [0, 0.1) is 0 Å².